The second-order valence-corrected chi connectivity index (χ2v) is 4.73. The number of rotatable bonds is 2. The molecule has 2 aromatic rings. The van der Waals surface area contributed by atoms with E-state index in [1.54, 1.807) is 17.8 Å². The number of nitrogens with zero attached hydrogens (tertiary/aromatic N) is 3. The molecule has 1 aromatic heterocycles. The number of thiazole rings is 1. The standard InChI is InChI=1S/C13H14FN3S/c1-9-8-18-13(15-3)17(9)16-10(2)11-5-4-6-12(14)7-11/h4-8H,1-3H3. The van der Waals surface area contributed by atoms with Gasteiger partial charge in [0.05, 0.1) is 11.4 Å². The van der Waals surface area contributed by atoms with Crippen LogP contribution in [0.15, 0.2) is 39.7 Å². The highest BCUT2D eigenvalue weighted by atomic mass is 32.1. The maximum atomic E-state index is 13.2. The highest BCUT2D eigenvalue weighted by molar-refractivity contribution is 7.07. The summed E-state index contributed by atoms with van der Waals surface area (Å²) in [4.78, 5) is 4.98. The van der Waals surface area contributed by atoms with Gasteiger partial charge in [-0.2, -0.15) is 5.10 Å². The van der Waals surface area contributed by atoms with Gasteiger partial charge in [-0.25, -0.2) is 9.07 Å². The smallest absolute Gasteiger partial charge is 0.205 e. The van der Waals surface area contributed by atoms with Crippen LogP contribution < -0.4 is 4.80 Å². The lowest BCUT2D eigenvalue weighted by Gasteiger charge is -2.03. The predicted molar refractivity (Wildman–Crippen MR) is 72.5 cm³/mol. The Labute approximate surface area is 109 Å². The molecule has 1 aromatic carbocycles. The number of aryl methyl sites for hydroxylation is 1. The van der Waals surface area contributed by atoms with E-state index in [2.05, 4.69) is 10.1 Å². The Kier molecular flexibility index (Phi) is 3.72. The largest absolute Gasteiger partial charge is 0.261 e. The Morgan fingerprint density at radius 2 is 2.17 bits per heavy atom. The number of halogens is 1. The molecule has 0 spiro atoms. The third-order valence-corrected chi connectivity index (χ3v) is 3.56. The first-order chi connectivity index (χ1) is 8.61. The van der Waals surface area contributed by atoms with Crippen LogP contribution in [-0.2, 0) is 0 Å². The van der Waals surface area contributed by atoms with Crippen molar-refractivity contribution < 1.29 is 4.39 Å². The summed E-state index contributed by atoms with van der Waals surface area (Å²) in [6.45, 7) is 3.83. The second-order valence-electron chi connectivity index (χ2n) is 3.89. The molecule has 0 amide bonds. The summed E-state index contributed by atoms with van der Waals surface area (Å²) in [5.74, 6) is -0.255. The molecule has 0 aliphatic rings. The van der Waals surface area contributed by atoms with Gasteiger partial charge in [-0.15, -0.1) is 11.3 Å². The van der Waals surface area contributed by atoms with Crippen LogP contribution in [0.4, 0.5) is 4.39 Å². The molecule has 0 radical (unpaired) electrons. The van der Waals surface area contributed by atoms with Gasteiger partial charge in [0.2, 0.25) is 4.80 Å². The van der Waals surface area contributed by atoms with Gasteiger partial charge in [0.15, 0.2) is 0 Å². The van der Waals surface area contributed by atoms with E-state index < -0.39 is 0 Å². The van der Waals surface area contributed by atoms with Crippen LogP contribution in [0.2, 0.25) is 0 Å². The fraction of sp³-hybridized carbons (Fsp3) is 0.231. The van der Waals surface area contributed by atoms with Crippen LogP contribution >= 0.6 is 11.3 Å². The van der Waals surface area contributed by atoms with Gasteiger partial charge in [-0.05, 0) is 26.0 Å². The zero-order valence-electron chi connectivity index (χ0n) is 10.5. The van der Waals surface area contributed by atoms with E-state index in [1.807, 2.05) is 25.3 Å². The third kappa shape index (κ3) is 2.56. The Balaban J connectivity index is 2.48. The van der Waals surface area contributed by atoms with Crippen LogP contribution in [0, 0.1) is 12.7 Å². The van der Waals surface area contributed by atoms with Crippen molar-refractivity contribution in [1.82, 2.24) is 4.68 Å². The Bertz CT molecular complexity index is 652. The molecule has 0 atom stereocenters. The van der Waals surface area contributed by atoms with E-state index in [-0.39, 0.29) is 5.82 Å². The molecule has 0 bridgehead atoms. The SMILES string of the molecule is CN=c1scc(C)n1N=C(C)c1cccc(F)c1. The molecule has 18 heavy (non-hydrogen) atoms. The summed E-state index contributed by atoms with van der Waals surface area (Å²) in [7, 11) is 1.73. The number of aromatic nitrogens is 1. The lowest BCUT2D eigenvalue weighted by molar-refractivity contribution is 0.627. The van der Waals surface area contributed by atoms with Crippen LogP contribution in [-0.4, -0.2) is 17.4 Å². The summed E-state index contributed by atoms with van der Waals surface area (Å²) in [5, 5.41) is 6.47. The Morgan fingerprint density at radius 3 is 2.83 bits per heavy atom. The molecule has 0 saturated heterocycles. The summed E-state index contributed by atoms with van der Waals surface area (Å²) in [6.07, 6.45) is 0. The summed E-state index contributed by atoms with van der Waals surface area (Å²) < 4.78 is 14.9. The van der Waals surface area contributed by atoms with Gasteiger partial charge in [0, 0.05) is 18.0 Å². The minimum Gasteiger partial charge on any atom is -0.261 e. The zero-order chi connectivity index (χ0) is 13.1. The lowest BCUT2D eigenvalue weighted by Crippen LogP contribution is -2.13. The molecule has 0 aliphatic carbocycles. The normalized spacial score (nSPS) is 13.1. The van der Waals surface area contributed by atoms with Crippen molar-refractivity contribution in [2.24, 2.45) is 10.1 Å². The van der Waals surface area contributed by atoms with E-state index in [9.17, 15) is 4.39 Å². The van der Waals surface area contributed by atoms with Gasteiger partial charge in [-0.3, -0.25) is 4.99 Å². The Morgan fingerprint density at radius 1 is 1.39 bits per heavy atom. The van der Waals surface area contributed by atoms with Crippen LogP contribution in [0.3, 0.4) is 0 Å². The molecular formula is C13H14FN3S. The molecule has 94 valence electrons. The molecule has 0 saturated carbocycles. The van der Waals surface area contributed by atoms with Crippen molar-refractivity contribution >= 4 is 17.0 Å². The number of hydrogen-bond donors (Lipinski definition) is 0. The van der Waals surface area contributed by atoms with Crippen molar-refractivity contribution in [3.05, 3.63) is 51.5 Å². The summed E-state index contributed by atoms with van der Waals surface area (Å²) in [6, 6.07) is 6.42. The quantitative estimate of drug-likeness (QED) is 0.746. The van der Waals surface area contributed by atoms with E-state index in [0.29, 0.717) is 0 Å². The zero-order valence-corrected chi connectivity index (χ0v) is 11.3. The minimum absolute atomic E-state index is 0.255. The highest BCUT2D eigenvalue weighted by Gasteiger charge is 2.02. The molecule has 0 aliphatic heterocycles. The maximum Gasteiger partial charge on any atom is 0.205 e. The molecule has 1 heterocycles. The fourth-order valence-corrected chi connectivity index (χ4v) is 2.34. The summed E-state index contributed by atoms with van der Waals surface area (Å²) in [5.41, 5.74) is 2.54. The molecule has 0 unspecified atom stereocenters. The van der Waals surface area contributed by atoms with Crippen LogP contribution in [0.1, 0.15) is 18.2 Å². The fourth-order valence-electron chi connectivity index (χ4n) is 1.58. The van der Waals surface area contributed by atoms with Gasteiger partial charge in [0.1, 0.15) is 5.82 Å². The van der Waals surface area contributed by atoms with E-state index in [1.165, 1.54) is 23.5 Å². The van der Waals surface area contributed by atoms with E-state index >= 15 is 0 Å². The topological polar surface area (TPSA) is 29.6 Å². The first kappa shape index (κ1) is 12.7. The molecule has 2 rings (SSSR count). The third-order valence-electron chi connectivity index (χ3n) is 2.53. The molecule has 0 N–H and O–H groups in total. The first-order valence-electron chi connectivity index (χ1n) is 5.53. The van der Waals surface area contributed by atoms with Gasteiger partial charge in [-0.1, -0.05) is 12.1 Å². The second kappa shape index (κ2) is 5.27. The van der Waals surface area contributed by atoms with E-state index in [0.717, 1.165) is 21.8 Å². The first-order valence-corrected chi connectivity index (χ1v) is 6.41. The minimum atomic E-state index is -0.255. The van der Waals surface area contributed by atoms with Crippen LogP contribution in [0.5, 0.6) is 0 Å². The van der Waals surface area contributed by atoms with Gasteiger partial charge in [0.25, 0.3) is 0 Å². The predicted octanol–water partition coefficient (Wildman–Crippen LogP) is 2.80. The summed E-state index contributed by atoms with van der Waals surface area (Å²) >= 11 is 1.53. The van der Waals surface area contributed by atoms with Crippen molar-refractivity contribution in [3.63, 3.8) is 0 Å². The average molecular weight is 263 g/mol. The van der Waals surface area contributed by atoms with Gasteiger partial charge >= 0.3 is 0 Å². The number of hydrogen-bond acceptors (Lipinski definition) is 3. The average Bonchev–Trinajstić information content (AvgIpc) is 2.70. The van der Waals surface area contributed by atoms with Crippen molar-refractivity contribution in [2.75, 3.05) is 7.05 Å². The highest BCUT2D eigenvalue weighted by Crippen LogP contribution is 2.07. The molecule has 5 heteroatoms. The molecule has 0 fully saturated rings. The van der Waals surface area contributed by atoms with Gasteiger partial charge < -0.3 is 0 Å². The molecular weight excluding hydrogens is 249 g/mol. The van der Waals surface area contributed by atoms with Crippen molar-refractivity contribution in [1.29, 1.82) is 0 Å². The van der Waals surface area contributed by atoms with E-state index in [4.69, 9.17) is 0 Å². The lowest BCUT2D eigenvalue weighted by atomic mass is 10.1. The Hall–Kier alpha value is -1.75. The number of benzene rings is 1. The maximum absolute atomic E-state index is 13.2. The van der Waals surface area contributed by atoms with Crippen molar-refractivity contribution in [2.45, 2.75) is 13.8 Å². The van der Waals surface area contributed by atoms with Crippen LogP contribution in [0.25, 0.3) is 0 Å². The monoisotopic (exact) mass is 263 g/mol. The van der Waals surface area contributed by atoms with Crippen molar-refractivity contribution in [3.8, 4) is 0 Å². The molecule has 3 nitrogen and oxygen atoms in total.